The number of carbonyl (C=O) groups is 3. The van der Waals surface area contributed by atoms with Gasteiger partial charge in [0, 0.05) is 32.1 Å². The Balaban J connectivity index is 1.36. The van der Waals surface area contributed by atoms with Gasteiger partial charge in [-0.1, -0.05) is 18.2 Å². The Hall–Kier alpha value is -4.61. The first-order chi connectivity index (χ1) is 22.8. The lowest BCUT2D eigenvalue weighted by Gasteiger charge is -2.26. The van der Waals surface area contributed by atoms with Crippen LogP contribution in [0.15, 0.2) is 60.7 Å². The van der Waals surface area contributed by atoms with Gasteiger partial charge in [-0.25, -0.2) is 0 Å². The molecule has 0 spiro atoms. The number of para-hydroxylation sites is 1. The maximum absolute atomic E-state index is 13.6. The van der Waals surface area contributed by atoms with Crippen LogP contribution in [0.4, 0.5) is 11.4 Å². The number of unbranched alkanes of at least 4 members (excludes halogenated alkanes) is 2. The maximum atomic E-state index is 13.6. The molecule has 4 rings (SSSR count). The summed E-state index contributed by atoms with van der Waals surface area (Å²) in [6.07, 6.45) is 3.64. The van der Waals surface area contributed by atoms with Gasteiger partial charge in [0.05, 0.1) is 50.5 Å². The second-order valence-electron chi connectivity index (χ2n) is 11.3. The van der Waals surface area contributed by atoms with Crippen molar-refractivity contribution in [2.24, 2.45) is 5.73 Å². The number of amides is 3. The average molecular weight is 647 g/mol. The fourth-order valence-electron chi connectivity index (χ4n) is 5.19. The van der Waals surface area contributed by atoms with E-state index >= 15 is 0 Å². The highest BCUT2D eigenvalue weighted by atomic mass is 16.5. The second-order valence-corrected chi connectivity index (χ2v) is 11.3. The van der Waals surface area contributed by atoms with Gasteiger partial charge in [0.25, 0.3) is 11.8 Å². The van der Waals surface area contributed by atoms with Gasteiger partial charge in [0.1, 0.15) is 17.2 Å². The Bertz CT molecular complexity index is 1510. The molecule has 1 fully saturated rings. The van der Waals surface area contributed by atoms with Crippen molar-refractivity contribution >= 4 is 29.1 Å². The molecule has 1 heterocycles. The highest BCUT2D eigenvalue weighted by Gasteiger charge is 2.21. The van der Waals surface area contributed by atoms with E-state index in [2.05, 4.69) is 5.32 Å². The Kier molecular flexibility index (Phi) is 13.4. The summed E-state index contributed by atoms with van der Waals surface area (Å²) in [5.41, 5.74) is 8.37. The summed E-state index contributed by atoms with van der Waals surface area (Å²) < 4.78 is 22.8. The minimum absolute atomic E-state index is 0.177. The lowest BCUT2D eigenvalue weighted by Crippen LogP contribution is -2.40. The first kappa shape index (κ1) is 35.2. The van der Waals surface area contributed by atoms with Crippen LogP contribution in [-0.2, 0) is 9.53 Å². The number of nitrogens with two attached hydrogens (primary N) is 1. The van der Waals surface area contributed by atoms with E-state index in [-0.39, 0.29) is 17.7 Å². The van der Waals surface area contributed by atoms with Gasteiger partial charge in [0.2, 0.25) is 5.91 Å². The van der Waals surface area contributed by atoms with Crippen molar-refractivity contribution in [3.63, 3.8) is 0 Å². The zero-order valence-electron chi connectivity index (χ0n) is 27.6. The molecule has 11 nitrogen and oxygen atoms in total. The largest absolute Gasteiger partial charge is 0.495 e. The summed E-state index contributed by atoms with van der Waals surface area (Å²) in [6.45, 7) is 5.87. The lowest BCUT2D eigenvalue weighted by atomic mass is 10.1. The first-order valence-electron chi connectivity index (χ1n) is 16.1. The molecule has 11 heteroatoms. The number of morpholine rings is 1. The fourth-order valence-corrected chi connectivity index (χ4v) is 5.19. The molecule has 3 N–H and O–H groups in total. The molecule has 252 valence electrons. The first-order valence-corrected chi connectivity index (χ1v) is 16.1. The van der Waals surface area contributed by atoms with E-state index in [0.29, 0.717) is 98.7 Å². The third-order valence-corrected chi connectivity index (χ3v) is 7.87. The van der Waals surface area contributed by atoms with Crippen LogP contribution in [0.5, 0.6) is 17.2 Å². The number of anilines is 2. The molecule has 0 saturated carbocycles. The summed E-state index contributed by atoms with van der Waals surface area (Å²) in [7, 11) is 3.18. The molecular formula is C36H46N4O7. The minimum atomic E-state index is -0.368. The number of ether oxygens (including phenoxy) is 4. The average Bonchev–Trinajstić information content (AvgIpc) is 3.10. The molecular weight excluding hydrogens is 600 g/mol. The standard InChI is InChI=1S/C36H46N4O7/c1-26-13-16-30(33(24-26)47-20-8-4-5-12-34(41)40-18-22-45-23-19-40)39(2)36(43)27-14-15-29(32(25-27)44-3)38-35(42)28-10-6-7-11-31(28)46-21-9-17-37/h6-7,10-11,13-16,24-25H,4-5,8-9,12,17-23,37H2,1-3H3,(H,38,42). The molecule has 0 unspecified atom stereocenters. The normalized spacial score (nSPS) is 12.7. The summed E-state index contributed by atoms with van der Waals surface area (Å²) in [6, 6.07) is 17.6. The molecule has 0 aromatic heterocycles. The van der Waals surface area contributed by atoms with Crippen molar-refractivity contribution in [1.29, 1.82) is 0 Å². The van der Waals surface area contributed by atoms with Gasteiger partial charge in [-0.15, -0.1) is 0 Å². The Labute approximate surface area is 276 Å². The maximum Gasteiger partial charge on any atom is 0.259 e. The number of nitrogens with one attached hydrogen (secondary N) is 1. The summed E-state index contributed by atoms with van der Waals surface area (Å²) >= 11 is 0. The molecule has 3 aromatic rings. The van der Waals surface area contributed by atoms with Crippen LogP contribution >= 0.6 is 0 Å². The van der Waals surface area contributed by atoms with Crippen LogP contribution in [0.2, 0.25) is 0 Å². The van der Waals surface area contributed by atoms with Crippen molar-refractivity contribution in [2.45, 2.75) is 39.0 Å². The monoisotopic (exact) mass is 646 g/mol. The van der Waals surface area contributed by atoms with Crippen molar-refractivity contribution in [1.82, 2.24) is 4.90 Å². The number of benzene rings is 3. The van der Waals surface area contributed by atoms with Crippen LogP contribution in [-0.4, -0.2) is 82.8 Å². The van der Waals surface area contributed by atoms with Crippen molar-refractivity contribution in [2.75, 3.05) is 70.4 Å². The zero-order chi connectivity index (χ0) is 33.6. The van der Waals surface area contributed by atoms with E-state index in [1.807, 2.05) is 30.0 Å². The molecule has 0 bridgehead atoms. The molecule has 3 amide bonds. The van der Waals surface area contributed by atoms with Crippen LogP contribution in [0.1, 0.15) is 58.4 Å². The van der Waals surface area contributed by atoms with Crippen LogP contribution in [0, 0.1) is 6.92 Å². The lowest BCUT2D eigenvalue weighted by molar-refractivity contribution is -0.135. The van der Waals surface area contributed by atoms with E-state index in [4.69, 9.17) is 24.7 Å². The summed E-state index contributed by atoms with van der Waals surface area (Å²) in [5.74, 6) is 0.945. The molecule has 0 radical (unpaired) electrons. The number of nitrogens with zero attached hydrogens (tertiary/aromatic N) is 2. The highest BCUT2D eigenvalue weighted by molar-refractivity contribution is 6.09. The number of hydrogen-bond donors (Lipinski definition) is 2. The zero-order valence-corrected chi connectivity index (χ0v) is 27.6. The number of carbonyl (C=O) groups excluding carboxylic acids is 3. The van der Waals surface area contributed by atoms with E-state index in [1.165, 1.54) is 12.0 Å². The summed E-state index contributed by atoms with van der Waals surface area (Å²) in [5, 5.41) is 2.87. The molecule has 0 aliphatic carbocycles. The van der Waals surface area contributed by atoms with E-state index < -0.39 is 0 Å². The quantitative estimate of drug-likeness (QED) is 0.207. The van der Waals surface area contributed by atoms with Gasteiger partial charge in [-0.2, -0.15) is 0 Å². The predicted octanol–water partition coefficient (Wildman–Crippen LogP) is 5.06. The smallest absolute Gasteiger partial charge is 0.259 e. The topological polar surface area (TPSA) is 133 Å². The number of hydrogen-bond acceptors (Lipinski definition) is 8. The number of rotatable bonds is 16. The van der Waals surface area contributed by atoms with Crippen molar-refractivity contribution in [3.8, 4) is 17.2 Å². The van der Waals surface area contributed by atoms with Gasteiger partial charge in [0.15, 0.2) is 0 Å². The van der Waals surface area contributed by atoms with Crippen LogP contribution < -0.4 is 30.2 Å². The van der Waals surface area contributed by atoms with E-state index in [9.17, 15) is 14.4 Å². The van der Waals surface area contributed by atoms with Crippen molar-refractivity contribution in [3.05, 3.63) is 77.4 Å². The van der Waals surface area contributed by atoms with Gasteiger partial charge < -0.3 is 39.8 Å². The summed E-state index contributed by atoms with van der Waals surface area (Å²) in [4.78, 5) is 42.6. The van der Waals surface area contributed by atoms with Crippen molar-refractivity contribution < 1.29 is 33.3 Å². The van der Waals surface area contributed by atoms with Crippen LogP contribution in [0.25, 0.3) is 0 Å². The Morgan fingerprint density at radius 3 is 2.40 bits per heavy atom. The number of aryl methyl sites for hydroxylation is 1. The third kappa shape index (κ3) is 9.94. The molecule has 1 aliphatic rings. The van der Waals surface area contributed by atoms with Gasteiger partial charge >= 0.3 is 0 Å². The highest BCUT2D eigenvalue weighted by Crippen LogP contribution is 2.32. The van der Waals surface area contributed by atoms with E-state index in [0.717, 1.165) is 24.8 Å². The molecule has 1 saturated heterocycles. The Morgan fingerprint density at radius 1 is 0.894 bits per heavy atom. The fraction of sp³-hybridized carbons (Fsp3) is 0.417. The van der Waals surface area contributed by atoms with Gasteiger partial charge in [-0.05, 0) is 87.2 Å². The van der Waals surface area contributed by atoms with E-state index in [1.54, 1.807) is 49.5 Å². The second kappa shape index (κ2) is 17.9. The third-order valence-electron chi connectivity index (χ3n) is 7.87. The SMILES string of the molecule is COc1cc(C(=O)N(C)c2ccc(C)cc2OCCCCCC(=O)N2CCOCC2)ccc1NC(=O)c1ccccc1OCCCN. The Morgan fingerprint density at radius 2 is 1.64 bits per heavy atom. The molecule has 3 aromatic carbocycles. The number of methoxy groups -OCH3 is 1. The molecule has 1 aliphatic heterocycles. The van der Waals surface area contributed by atoms with Crippen LogP contribution in [0.3, 0.4) is 0 Å². The predicted molar refractivity (Wildman–Crippen MR) is 182 cm³/mol. The molecule has 0 atom stereocenters. The minimum Gasteiger partial charge on any atom is -0.495 e. The molecule has 47 heavy (non-hydrogen) atoms. The van der Waals surface area contributed by atoms with Gasteiger partial charge in [-0.3, -0.25) is 14.4 Å².